The fourth-order valence-electron chi connectivity index (χ4n) is 2.59. The molecular formula is C17H28N2O. The van der Waals surface area contributed by atoms with Gasteiger partial charge in [0.2, 0.25) is 0 Å². The van der Waals surface area contributed by atoms with Gasteiger partial charge in [-0.3, -0.25) is 4.90 Å². The summed E-state index contributed by atoms with van der Waals surface area (Å²) >= 11 is 0. The summed E-state index contributed by atoms with van der Waals surface area (Å²) in [6.07, 6.45) is -0.382. The number of hydrogen-bond donors (Lipinski definition) is 1. The van der Waals surface area contributed by atoms with E-state index in [0.717, 1.165) is 38.3 Å². The van der Waals surface area contributed by atoms with Crippen LogP contribution in [0, 0.1) is 0 Å². The van der Waals surface area contributed by atoms with E-state index >= 15 is 0 Å². The van der Waals surface area contributed by atoms with E-state index in [-0.39, 0.29) is 11.5 Å². The average Bonchev–Trinajstić information content (AvgIpc) is 2.40. The molecule has 1 aromatic rings. The van der Waals surface area contributed by atoms with E-state index in [4.69, 9.17) is 0 Å². The number of benzene rings is 1. The minimum atomic E-state index is -0.382. The van der Waals surface area contributed by atoms with Crippen LogP contribution in [0.2, 0.25) is 0 Å². The fraction of sp³-hybridized carbons (Fsp3) is 0.647. The van der Waals surface area contributed by atoms with Crippen molar-refractivity contribution in [3.8, 4) is 0 Å². The number of likely N-dealkylation sites (N-methyl/N-ethyl adjacent to an activating group) is 1. The van der Waals surface area contributed by atoms with E-state index in [9.17, 15) is 5.11 Å². The summed E-state index contributed by atoms with van der Waals surface area (Å²) in [7, 11) is 2.15. The summed E-state index contributed by atoms with van der Waals surface area (Å²) in [5.41, 5.74) is 2.51. The van der Waals surface area contributed by atoms with Crippen molar-refractivity contribution in [2.45, 2.75) is 32.3 Å². The van der Waals surface area contributed by atoms with Crippen molar-refractivity contribution in [3.05, 3.63) is 35.4 Å². The third-order valence-corrected chi connectivity index (χ3v) is 4.19. The minimum Gasteiger partial charge on any atom is -0.387 e. The molecule has 0 aliphatic carbocycles. The molecule has 1 N–H and O–H groups in total. The number of piperazine rings is 1. The Kier molecular flexibility index (Phi) is 4.84. The second kappa shape index (κ2) is 6.25. The van der Waals surface area contributed by atoms with Crippen LogP contribution in [0.25, 0.3) is 0 Å². The zero-order chi connectivity index (χ0) is 14.8. The Hall–Kier alpha value is -0.900. The van der Waals surface area contributed by atoms with Crippen LogP contribution < -0.4 is 0 Å². The van der Waals surface area contributed by atoms with Gasteiger partial charge in [0.05, 0.1) is 6.10 Å². The Balaban J connectivity index is 1.94. The molecule has 0 aromatic heterocycles. The van der Waals surface area contributed by atoms with Gasteiger partial charge >= 0.3 is 0 Å². The quantitative estimate of drug-likeness (QED) is 0.917. The lowest BCUT2D eigenvalue weighted by Crippen LogP contribution is -2.45. The van der Waals surface area contributed by atoms with Crippen LogP contribution in [-0.2, 0) is 5.41 Å². The van der Waals surface area contributed by atoms with Crippen molar-refractivity contribution >= 4 is 0 Å². The molecule has 1 unspecified atom stereocenters. The molecule has 1 atom stereocenters. The van der Waals surface area contributed by atoms with Crippen LogP contribution in [0.3, 0.4) is 0 Å². The Morgan fingerprint density at radius 3 is 2.10 bits per heavy atom. The smallest absolute Gasteiger partial charge is 0.0916 e. The van der Waals surface area contributed by atoms with Crippen molar-refractivity contribution in [2.24, 2.45) is 0 Å². The predicted molar refractivity (Wildman–Crippen MR) is 84.0 cm³/mol. The van der Waals surface area contributed by atoms with Gasteiger partial charge in [0, 0.05) is 32.7 Å². The van der Waals surface area contributed by atoms with Crippen molar-refractivity contribution in [1.82, 2.24) is 9.80 Å². The molecule has 1 fully saturated rings. The molecule has 1 aliphatic heterocycles. The van der Waals surface area contributed by atoms with Crippen LogP contribution >= 0.6 is 0 Å². The highest BCUT2D eigenvalue weighted by Crippen LogP contribution is 2.24. The number of aliphatic hydroxyl groups is 1. The van der Waals surface area contributed by atoms with E-state index in [0.29, 0.717) is 0 Å². The topological polar surface area (TPSA) is 26.7 Å². The van der Waals surface area contributed by atoms with Gasteiger partial charge in [-0.05, 0) is 23.6 Å². The second-order valence-corrected chi connectivity index (χ2v) is 6.99. The number of rotatable bonds is 3. The summed E-state index contributed by atoms with van der Waals surface area (Å²) in [4.78, 5) is 4.68. The molecule has 112 valence electrons. The standard InChI is InChI=1S/C17H28N2O/c1-17(2,3)15-7-5-14(6-8-15)16(20)13-19-11-9-18(4)10-12-19/h5-8,16,20H,9-13H2,1-4H3. The van der Waals surface area contributed by atoms with Crippen molar-refractivity contribution in [1.29, 1.82) is 0 Å². The Labute approximate surface area is 123 Å². The number of nitrogens with zero attached hydrogens (tertiary/aromatic N) is 2. The third-order valence-electron chi connectivity index (χ3n) is 4.19. The number of aliphatic hydroxyl groups excluding tert-OH is 1. The molecule has 3 nitrogen and oxygen atoms in total. The summed E-state index contributed by atoms with van der Waals surface area (Å²) in [6, 6.07) is 8.42. The maximum Gasteiger partial charge on any atom is 0.0916 e. The highest BCUT2D eigenvalue weighted by atomic mass is 16.3. The SMILES string of the molecule is CN1CCN(CC(O)c2ccc(C(C)(C)C)cc2)CC1. The maximum atomic E-state index is 10.4. The Morgan fingerprint density at radius 1 is 1.05 bits per heavy atom. The molecule has 20 heavy (non-hydrogen) atoms. The molecular weight excluding hydrogens is 248 g/mol. The molecule has 0 saturated carbocycles. The molecule has 3 heteroatoms. The summed E-state index contributed by atoms with van der Waals surface area (Å²) in [5, 5.41) is 10.4. The lowest BCUT2D eigenvalue weighted by atomic mass is 9.86. The summed E-state index contributed by atoms with van der Waals surface area (Å²) < 4.78 is 0. The van der Waals surface area contributed by atoms with Crippen molar-refractivity contribution < 1.29 is 5.11 Å². The first-order chi connectivity index (χ1) is 9.36. The molecule has 1 aromatic carbocycles. The first-order valence-corrected chi connectivity index (χ1v) is 7.55. The monoisotopic (exact) mass is 276 g/mol. The van der Waals surface area contributed by atoms with Gasteiger partial charge in [-0.1, -0.05) is 45.0 Å². The third kappa shape index (κ3) is 4.05. The molecule has 2 rings (SSSR count). The van der Waals surface area contributed by atoms with Gasteiger partial charge in [0.1, 0.15) is 0 Å². The van der Waals surface area contributed by atoms with Crippen molar-refractivity contribution in [3.63, 3.8) is 0 Å². The molecule has 0 radical (unpaired) electrons. The molecule has 1 aliphatic rings. The van der Waals surface area contributed by atoms with Crippen LogP contribution in [0.4, 0.5) is 0 Å². The van der Waals surface area contributed by atoms with Crippen LogP contribution in [0.15, 0.2) is 24.3 Å². The normalized spacial score (nSPS) is 20.1. The lowest BCUT2D eigenvalue weighted by Gasteiger charge is -2.33. The van der Waals surface area contributed by atoms with Crippen LogP contribution in [0.1, 0.15) is 38.0 Å². The van der Waals surface area contributed by atoms with Gasteiger partial charge in [-0.2, -0.15) is 0 Å². The van der Waals surface area contributed by atoms with E-state index in [1.165, 1.54) is 5.56 Å². The summed E-state index contributed by atoms with van der Waals surface area (Å²) in [5.74, 6) is 0. The van der Waals surface area contributed by atoms with E-state index in [2.05, 4.69) is 61.9 Å². The zero-order valence-electron chi connectivity index (χ0n) is 13.3. The van der Waals surface area contributed by atoms with Crippen molar-refractivity contribution in [2.75, 3.05) is 39.8 Å². The van der Waals surface area contributed by atoms with E-state index in [1.807, 2.05) is 0 Å². The average molecular weight is 276 g/mol. The molecule has 0 spiro atoms. The Bertz CT molecular complexity index is 414. The second-order valence-electron chi connectivity index (χ2n) is 6.99. The number of β-amino-alcohol motifs (C(OH)–C–C–N with tert-alkyl or cyclic N) is 1. The van der Waals surface area contributed by atoms with E-state index < -0.39 is 0 Å². The Morgan fingerprint density at radius 2 is 1.60 bits per heavy atom. The minimum absolute atomic E-state index is 0.168. The molecule has 0 amide bonds. The molecule has 0 bridgehead atoms. The fourth-order valence-corrected chi connectivity index (χ4v) is 2.59. The van der Waals surface area contributed by atoms with Gasteiger partial charge in [0.15, 0.2) is 0 Å². The number of hydrogen-bond acceptors (Lipinski definition) is 3. The van der Waals surface area contributed by atoms with Gasteiger partial charge in [0.25, 0.3) is 0 Å². The van der Waals surface area contributed by atoms with E-state index in [1.54, 1.807) is 0 Å². The maximum absolute atomic E-state index is 10.4. The van der Waals surface area contributed by atoms with Crippen LogP contribution in [-0.4, -0.2) is 54.7 Å². The lowest BCUT2D eigenvalue weighted by molar-refractivity contribution is 0.0805. The molecule has 1 saturated heterocycles. The zero-order valence-corrected chi connectivity index (χ0v) is 13.3. The highest BCUT2D eigenvalue weighted by molar-refractivity contribution is 5.28. The molecule has 1 heterocycles. The van der Waals surface area contributed by atoms with Gasteiger partial charge in [-0.15, -0.1) is 0 Å². The first-order valence-electron chi connectivity index (χ1n) is 7.55. The largest absolute Gasteiger partial charge is 0.387 e. The summed E-state index contributed by atoms with van der Waals surface area (Å²) in [6.45, 7) is 11.7. The first kappa shape index (κ1) is 15.5. The van der Waals surface area contributed by atoms with Gasteiger partial charge < -0.3 is 10.0 Å². The van der Waals surface area contributed by atoms with Crippen LogP contribution in [0.5, 0.6) is 0 Å². The van der Waals surface area contributed by atoms with Gasteiger partial charge in [-0.25, -0.2) is 0 Å². The predicted octanol–water partition coefficient (Wildman–Crippen LogP) is 2.26. The highest BCUT2D eigenvalue weighted by Gasteiger charge is 2.19.